The first-order valence-electron chi connectivity index (χ1n) is 6.63. The van der Waals surface area contributed by atoms with Crippen molar-refractivity contribution in [3.63, 3.8) is 0 Å². The Labute approximate surface area is 110 Å². The Kier molecular flexibility index (Phi) is 5.91. The maximum Gasteiger partial charge on any atom is 0.0704 e. The highest BCUT2D eigenvalue weighted by Gasteiger charge is 2.11. The van der Waals surface area contributed by atoms with E-state index in [9.17, 15) is 5.11 Å². The van der Waals surface area contributed by atoms with Gasteiger partial charge in [0.15, 0.2) is 0 Å². The van der Waals surface area contributed by atoms with Gasteiger partial charge in [0.2, 0.25) is 0 Å². The summed E-state index contributed by atoms with van der Waals surface area (Å²) in [5, 5.41) is 9.50. The molecule has 0 aromatic heterocycles. The highest BCUT2D eigenvalue weighted by Crippen LogP contribution is 2.15. The van der Waals surface area contributed by atoms with Gasteiger partial charge in [0.25, 0.3) is 0 Å². The summed E-state index contributed by atoms with van der Waals surface area (Å²) in [5.74, 6) is 6.93. The lowest BCUT2D eigenvalue weighted by Gasteiger charge is -2.15. The lowest BCUT2D eigenvalue weighted by Crippen LogP contribution is -2.23. The number of nitrogens with two attached hydrogens (primary N) is 1. The van der Waals surface area contributed by atoms with E-state index < -0.39 is 6.10 Å². The smallest absolute Gasteiger partial charge is 0.0704 e. The van der Waals surface area contributed by atoms with Crippen molar-refractivity contribution in [3.05, 3.63) is 35.4 Å². The van der Waals surface area contributed by atoms with Gasteiger partial charge in [0.1, 0.15) is 0 Å². The second-order valence-corrected chi connectivity index (χ2v) is 4.67. The van der Waals surface area contributed by atoms with Crippen LogP contribution in [-0.4, -0.2) is 11.2 Å². The van der Waals surface area contributed by atoms with Crippen molar-refractivity contribution in [2.45, 2.75) is 45.8 Å². The van der Waals surface area contributed by atoms with Crippen LogP contribution in [0.2, 0.25) is 0 Å². The van der Waals surface area contributed by atoms with E-state index in [2.05, 4.69) is 25.7 Å². The van der Waals surface area contributed by atoms with Gasteiger partial charge in [0, 0.05) is 11.5 Å². The molecule has 0 aliphatic rings. The molecular weight excluding hydrogens is 222 g/mol. The summed E-state index contributed by atoms with van der Waals surface area (Å²) in [6.07, 6.45) is 1.61. The summed E-state index contributed by atoms with van der Waals surface area (Å²) in [5.41, 5.74) is 7.82. The lowest BCUT2D eigenvalue weighted by molar-refractivity contribution is 0.164. The summed E-state index contributed by atoms with van der Waals surface area (Å²) in [6, 6.07) is 7.47. The van der Waals surface area contributed by atoms with Crippen molar-refractivity contribution in [2.75, 3.05) is 0 Å². The number of hydrogen-bond donors (Lipinski definition) is 2. The zero-order valence-corrected chi connectivity index (χ0v) is 11.5. The molecule has 0 saturated carbocycles. The van der Waals surface area contributed by atoms with Crippen molar-refractivity contribution in [2.24, 2.45) is 11.7 Å². The molecule has 0 amide bonds. The Balaban J connectivity index is 2.88. The largest absolute Gasteiger partial charge is 0.391 e. The molecule has 0 aliphatic heterocycles. The molecule has 0 radical (unpaired) electrons. The van der Waals surface area contributed by atoms with Gasteiger partial charge in [-0.05, 0) is 37.5 Å². The first-order chi connectivity index (χ1) is 8.58. The predicted molar refractivity (Wildman–Crippen MR) is 76.0 cm³/mol. The first kappa shape index (κ1) is 14.8. The van der Waals surface area contributed by atoms with Crippen LogP contribution >= 0.6 is 0 Å². The second kappa shape index (κ2) is 7.20. The molecule has 0 spiro atoms. The van der Waals surface area contributed by atoms with Crippen LogP contribution in [0, 0.1) is 17.8 Å². The molecule has 1 rings (SSSR count). The molecule has 1 aromatic carbocycles. The molecule has 1 aromatic rings. The van der Waals surface area contributed by atoms with Crippen LogP contribution < -0.4 is 5.73 Å². The molecule has 2 atom stereocenters. The molecule has 18 heavy (non-hydrogen) atoms. The van der Waals surface area contributed by atoms with Gasteiger partial charge >= 0.3 is 0 Å². The summed E-state index contributed by atoms with van der Waals surface area (Å²) >= 11 is 0. The number of rotatable bonds is 4. The SMILES string of the molecule is CCC(C#Cc1cccc(C(N)C(C)O)c1)CC. The molecule has 0 saturated heterocycles. The first-order valence-corrected chi connectivity index (χ1v) is 6.63. The van der Waals surface area contributed by atoms with Crippen LogP contribution in [0.25, 0.3) is 0 Å². The molecule has 98 valence electrons. The van der Waals surface area contributed by atoms with Gasteiger partial charge in [-0.3, -0.25) is 0 Å². The maximum atomic E-state index is 9.50. The van der Waals surface area contributed by atoms with Crippen molar-refractivity contribution < 1.29 is 5.11 Å². The van der Waals surface area contributed by atoms with Gasteiger partial charge in [-0.25, -0.2) is 0 Å². The predicted octanol–water partition coefficient (Wildman–Crippen LogP) is 2.85. The van der Waals surface area contributed by atoms with Gasteiger partial charge < -0.3 is 10.8 Å². The molecule has 0 bridgehead atoms. The highest BCUT2D eigenvalue weighted by molar-refractivity contribution is 5.38. The molecule has 3 N–H and O–H groups in total. The molecule has 0 heterocycles. The van der Waals surface area contributed by atoms with Crippen molar-refractivity contribution >= 4 is 0 Å². The molecule has 0 aliphatic carbocycles. The zero-order chi connectivity index (χ0) is 13.5. The number of benzene rings is 1. The van der Waals surface area contributed by atoms with E-state index in [1.165, 1.54) is 0 Å². The fraction of sp³-hybridized carbons (Fsp3) is 0.500. The topological polar surface area (TPSA) is 46.2 Å². The molecule has 2 nitrogen and oxygen atoms in total. The third-order valence-electron chi connectivity index (χ3n) is 3.20. The van der Waals surface area contributed by atoms with Crippen LogP contribution in [0.15, 0.2) is 24.3 Å². The highest BCUT2D eigenvalue weighted by atomic mass is 16.3. The van der Waals surface area contributed by atoms with Crippen LogP contribution in [0.1, 0.15) is 50.8 Å². The van der Waals surface area contributed by atoms with Crippen molar-refractivity contribution in [1.82, 2.24) is 0 Å². The normalized spacial score (nSPS) is 13.9. The number of aliphatic hydroxyl groups is 1. The molecule has 2 heteroatoms. The van der Waals surface area contributed by atoms with Crippen molar-refractivity contribution in [3.8, 4) is 11.8 Å². The average Bonchev–Trinajstić information content (AvgIpc) is 2.39. The maximum absolute atomic E-state index is 9.50. The summed E-state index contributed by atoms with van der Waals surface area (Å²) in [6.45, 7) is 6.01. The quantitative estimate of drug-likeness (QED) is 0.801. The Morgan fingerprint density at radius 1 is 1.28 bits per heavy atom. The third-order valence-corrected chi connectivity index (χ3v) is 3.20. The monoisotopic (exact) mass is 245 g/mol. The van der Waals surface area contributed by atoms with Crippen LogP contribution in [0.3, 0.4) is 0 Å². The minimum atomic E-state index is -0.549. The summed E-state index contributed by atoms with van der Waals surface area (Å²) < 4.78 is 0. The zero-order valence-electron chi connectivity index (χ0n) is 11.5. The standard InChI is InChI=1S/C16H23NO/c1-4-13(5-2)9-10-14-7-6-8-15(11-14)16(17)12(3)18/h6-8,11-13,16,18H,4-5,17H2,1-3H3. The molecular formula is C16H23NO. The summed E-state index contributed by atoms with van der Waals surface area (Å²) in [4.78, 5) is 0. The van der Waals surface area contributed by atoms with Gasteiger partial charge in [-0.2, -0.15) is 0 Å². The van der Waals surface area contributed by atoms with Gasteiger partial charge in [-0.1, -0.05) is 37.8 Å². The van der Waals surface area contributed by atoms with E-state index in [0.717, 1.165) is 24.0 Å². The molecule has 2 unspecified atom stereocenters. The van der Waals surface area contributed by atoms with Gasteiger partial charge in [-0.15, -0.1) is 0 Å². The third kappa shape index (κ3) is 4.18. The Bertz CT molecular complexity index is 424. The van der Waals surface area contributed by atoms with E-state index in [0.29, 0.717) is 5.92 Å². The van der Waals surface area contributed by atoms with E-state index in [4.69, 9.17) is 5.73 Å². The lowest BCUT2D eigenvalue weighted by atomic mass is 10.00. The van der Waals surface area contributed by atoms with E-state index in [1.54, 1.807) is 6.92 Å². The fourth-order valence-electron chi connectivity index (χ4n) is 1.78. The second-order valence-electron chi connectivity index (χ2n) is 4.67. The van der Waals surface area contributed by atoms with E-state index in [1.807, 2.05) is 24.3 Å². The Morgan fingerprint density at radius 2 is 1.94 bits per heavy atom. The number of hydrogen-bond acceptors (Lipinski definition) is 2. The summed E-state index contributed by atoms with van der Waals surface area (Å²) in [7, 11) is 0. The van der Waals surface area contributed by atoms with Crippen LogP contribution in [0.4, 0.5) is 0 Å². The van der Waals surface area contributed by atoms with Crippen LogP contribution in [-0.2, 0) is 0 Å². The minimum Gasteiger partial charge on any atom is -0.391 e. The number of aliphatic hydroxyl groups excluding tert-OH is 1. The minimum absolute atomic E-state index is 0.347. The fourth-order valence-corrected chi connectivity index (χ4v) is 1.78. The van der Waals surface area contributed by atoms with E-state index >= 15 is 0 Å². The van der Waals surface area contributed by atoms with E-state index in [-0.39, 0.29) is 6.04 Å². The Morgan fingerprint density at radius 3 is 2.50 bits per heavy atom. The van der Waals surface area contributed by atoms with Gasteiger partial charge in [0.05, 0.1) is 12.1 Å². The average molecular weight is 245 g/mol. The van der Waals surface area contributed by atoms with Crippen molar-refractivity contribution in [1.29, 1.82) is 0 Å². The molecule has 0 fully saturated rings. The Hall–Kier alpha value is -1.30. The van der Waals surface area contributed by atoms with Crippen LogP contribution in [0.5, 0.6) is 0 Å².